The van der Waals surface area contributed by atoms with Crippen LogP contribution in [0, 0.1) is 0 Å². The predicted octanol–water partition coefficient (Wildman–Crippen LogP) is 7.38. The number of aromatic nitrogens is 4. The Kier molecular flexibility index (Phi) is 4.60. The molecule has 8 aromatic rings. The van der Waals surface area contributed by atoms with Crippen molar-refractivity contribution in [3.63, 3.8) is 0 Å². The van der Waals surface area contributed by atoms with E-state index in [1.807, 2.05) is 109 Å². The summed E-state index contributed by atoms with van der Waals surface area (Å²) in [5.74, 6) is 1.26. The van der Waals surface area contributed by atoms with E-state index in [2.05, 4.69) is 12.1 Å². The number of hydrogen-bond acceptors (Lipinski definition) is 4. The van der Waals surface area contributed by atoms with Crippen molar-refractivity contribution in [2.45, 2.75) is 0 Å². The first-order chi connectivity index (χ1) is 19.3. The Morgan fingerprint density at radius 2 is 1.13 bits per heavy atom. The van der Waals surface area contributed by atoms with Crippen molar-refractivity contribution in [1.29, 1.82) is 0 Å². The minimum Gasteiger partial charge on any atom is -0.268 e. The van der Waals surface area contributed by atoms with E-state index < -0.39 is 0 Å². The maximum atomic E-state index is 14.0. The van der Waals surface area contributed by atoms with E-state index in [1.165, 1.54) is 0 Å². The molecule has 0 N–H and O–H groups in total. The van der Waals surface area contributed by atoms with Gasteiger partial charge in [-0.05, 0) is 17.5 Å². The van der Waals surface area contributed by atoms with Crippen molar-refractivity contribution in [2.75, 3.05) is 0 Å². The summed E-state index contributed by atoms with van der Waals surface area (Å²) in [6.07, 6.45) is 0. The van der Waals surface area contributed by atoms with Crippen LogP contribution in [-0.2, 0) is 0 Å². The van der Waals surface area contributed by atoms with Crippen LogP contribution >= 0.6 is 0 Å². The zero-order valence-electron chi connectivity index (χ0n) is 20.7. The van der Waals surface area contributed by atoms with Gasteiger partial charge in [0.15, 0.2) is 5.82 Å². The van der Waals surface area contributed by atoms with Gasteiger partial charge in [-0.15, -0.1) is 0 Å². The zero-order valence-corrected chi connectivity index (χ0v) is 20.7. The first-order valence-corrected chi connectivity index (χ1v) is 12.9. The van der Waals surface area contributed by atoms with Crippen molar-refractivity contribution in [1.82, 2.24) is 19.4 Å². The van der Waals surface area contributed by atoms with Gasteiger partial charge in [-0.25, -0.2) is 15.0 Å². The second-order valence-electron chi connectivity index (χ2n) is 9.63. The molecular weight excluding hydrogens is 480 g/mol. The van der Waals surface area contributed by atoms with Gasteiger partial charge in [-0.2, -0.15) is 0 Å². The fraction of sp³-hybridized carbons (Fsp3) is 0. The fourth-order valence-electron chi connectivity index (χ4n) is 5.60. The minimum absolute atomic E-state index is 0.0839. The Balaban J connectivity index is 1.64. The molecule has 0 spiro atoms. The number of benzene rings is 5. The van der Waals surface area contributed by atoms with Gasteiger partial charge in [0, 0.05) is 32.8 Å². The highest BCUT2D eigenvalue weighted by molar-refractivity contribution is 6.24. The minimum atomic E-state index is -0.0839. The van der Waals surface area contributed by atoms with E-state index in [4.69, 9.17) is 15.0 Å². The first kappa shape index (κ1) is 21.6. The molecule has 5 nitrogen and oxygen atoms in total. The van der Waals surface area contributed by atoms with Crippen LogP contribution in [0.25, 0.3) is 72.1 Å². The molecule has 0 saturated carbocycles. The third kappa shape index (κ3) is 3.20. The smallest absolute Gasteiger partial charge is 0.264 e. The van der Waals surface area contributed by atoms with E-state index in [1.54, 1.807) is 4.40 Å². The average Bonchev–Trinajstić information content (AvgIpc) is 3.40. The number of pyridine rings is 1. The van der Waals surface area contributed by atoms with Crippen LogP contribution in [0.15, 0.2) is 126 Å². The molecule has 5 heteroatoms. The third-order valence-corrected chi connectivity index (χ3v) is 7.35. The summed E-state index contributed by atoms with van der Waals surface area (Å²) in [6, 6.07) is 39.9. The lowest BCUT2D eigenvalue weighted by Gasteiger charge is -2.13. The molecule has 0 unspecified atom stereocenters. The van der Waals surface area contributed by atoms with Crippen molar-refractivity contribution >= 4 is 38.1 Å². The third-order valence-electron chi connectivity index (χ3n) is 7.35. The van der Waals surface area contributed by atoms with Crippen molar-refractivity contribution < 1.29 is 0 Å². The SMILES string of the molecule is O=c1c2ccccc2c2c3nc(-c4ccccc4)nc(-c4ccccc4)c3cc3nc(-c4ccccc4)n1c32. The number of hydrogen-bond donors (Lipinski definition) is 0. The predicted molar refractivity (Wildman–Crippen MR) is 157 cm³/mol. The molecule has 0 aliphatic rings. The van der Waals surface area contributed by atoms with Crippen LogP contribution in [0.4, 0.5) is 0 Å². The van der Waals surface area contributed by atoms with E-state index in [-0.39, 0.29) is 5.56 Å². The number of nitrogens with zero attached hydrogens (tertiary/aromatic N) is 4. The van der Waals surface area contributed by atoms with E-state index in [9.17, 15) is 4.79 Å². The Bertz CT molecular complexity index is 2230. The molecule has 0 bridgehead atoms. The summed E-state index contributed by atoms with van der Waals surface area (Å²) in [5, 5.41) is 3.30. The van der Waals surface area contributed by atoms with Gasteiger partial charge < -0.3 is 0 Å². The zero-order chi connectivity index (χ0) is 25.9. The van der Waals surface area contributed by atoms with Gasteiger partial charge in [-0.1, -0.05) is 109 Å². The maximum Gasteiger partial charge on any atom is 0.264 e. The Morgan fingerprint density at radius 3 is 1.82 bits per heavy atom. The summed E-state index contributed by atoms with van der Waals surface area (Å²) in [7, 11) is 0. The summed E-state index contributed by atoms with van der Waals surface area (Å²) in [4.78, 5) is 29.3. The molecule has 0 amide bonds. The van der Waals surface area contributed by atoms with Gasteiger partial charge in [0.1, 0.15) is 5.82 Å². The first-order valence-electron chi connectivity index (χ1n) is 12.9. The average molecular weight is 501 g/mol. The Hall–Kier alpha value is -5.42. The molecule has 8 rings (SSSR count). The van der Waals surface area contributed by atoms with Crippen LogP contribution in [0.3, 0.4) is 0 Å². The molecule has 0 atom stereocenters. The van der Waals surface area contributed by atoms with Gasteiger partial charge in [0.2, 0.25) is 0 Å². The lowest BCUT2D eigenvalue weighted by Crippen LogP contribution is -2.14. The number of fused-ring (bicyclic) bond motifs is 4. The highest BCUT2D eigenvalue weighted by Crippen LogP contribution is 2.39. The Labute approximate surface area is 223 Å². The molecule has 182 valence electrons. The van der Waals surface area contributed by atoms with Gasteiger partial charge in [0.05, 0.1) is 22.2 Å². The molecule has 0 radical (unpaired) electrons. The van der Waals surface area contributed by atoms with Crippen molar-refractivity contribution in [3.05, 3.63) is 132 Å². The van der Waals surface area contributed by atoms with Crippen LogP contribution in [0.5, 0.6) is 0 Å². The summed E-state index contributed by atoms with van der Waals surface area (Å²) in [5.41, 5.74) is 5.89. The molecule has 0 aliphatic heterocycles. The van der Waals surface area contributed by atoms with Gasteiger partial charge in [0.25, 0.3) is 5.56 Å². The van der Waals surface area contributed by atoms with E-state index >= 15 is 0 Å². The van der Waals surface area contributed by atoms with Crippen LogP contribution in [0.2, 0.25) is 0 Å². The van der Waals surface area contributed by atoms with E-state index in [0.717, 1.165) is 55.1 Å². The lowest BCUT2D eigenvalue weighted by molar-refractivity contribution is 1.13. The molecule has 3 heterocycles. The fourth-order valence-corrected chi connectivity index (χ4v) is 5.60. The molecule has 3 aromatic heterocycles. The van der Waals surface area contributed by atoms with E-state index in [0.29, 0.717) is 17.0 Å². The number of imidazole rings is 1. The second-order valence-corrected chi connectivity index (χ2v) is 9.63. The molecule has 39 heavy (non-hydrogen) atoms. The Morgan fingerprint density at radius 1 is 0.538 bits per heavy atom. The van der Waals surface area contributed by atoms with Crippen LogP contribution in [0.1, 0.15) is 0 Å². The number of rotatable bonds is 3. The largest absolute Gasteiger partial charge is 0.268 e. The van der Waals surface area contributed by atoms with Crippen molar-refractivity contribution in [3.8, 4) is 34.0 Å². The normalized spacial score (nSPS) is 11.7. The van der Waals surface area contributed by atoms with Crippen LogP contribution < -0.4 is 5.56 Å². The molecule has 0 aliphatic carbocycles. The highest BCUT2D eigenvalue weighted by atomic mass is 16.1. The topological polar surface area (TPSA) is 60.2 Å². The second kappa shape index (κ2) is 8.30. The highest BCUT2D eigenvalue weighted by Gasteiger charge is 2.23. The van der Waals surface area contributed by atoms with Gasteiger partial charge in [-0.3, -0.25) is 9.20 Å². The monoisotopic (exact) mass is 500 g/mol. The summed E-state index contributed by atoms with van der Waals surface area (Å²) in [6.45, 7) is 0. The van der Waals surface area contributed by atoms with Crippen LogP contribution in [-0.4, -0.2) is 19.4 Å². The van der Waals surface area contributed by atoms with Gasteiger partial charge >= 0.3 is 0 Å². The quantitative estimate of drug-likeness (QED) is 0.237. The molecular formula is C34H20N4O. The maximum absolute atomic E-state index is 14.0. The molecule has 5 aromatic carbocycles. The standard InChI is InChI=1S/C34H20N4O/c39-34-25-19-11-10-18-24(25)28-30-26(20-27-31(28)38(34)33(35-27)23-16-8-3-9-17-23)29(21-12-4-1-5-13-21)36-32(37-30)22-14-6-2-7-15-22/h1-20H. The summed E-state index contributed by atoms with van der Waals surface area (Å²) < 4.78 is 1.76. The molecule has 0 fully saturated rings. The molecule has 0 saturated heterocycles. The lowest BCUT2D eigenvalue weighted by atomic mass is 9.99. The summed E-state index contributed by atoms with van der Waals surface area (Å²) >= 11 is 0. The van der Waals surface area contributed by atoms with Crippen molar-refractivity contribution in [2.24, 2.45) is 0 Å².